The van der Waals surface area contributed by atoms with E-state index in [9.17, 15) is 4.79 Å². The molecule has 0 saturated heterocycles. The van der Waals surface area contributed by atoms with E-state index in [4.69, 9.17) is 5.73 Å². The quantitative estimate of drug-likeness (QED) is 0.880. The number of aromatic nitrogens is 3. The van der Waals surface area contributed by atoms with E-state index in [0.717, 1.165) is 11.0 Å². The highest BCUT2D eigenvalue weighted by atomic mass is 16.2. The van der Waals surface area contributed by atoms with Gasteiger partial charge in [0.1, 0.15) is 0 Å². The van der Waals surface area contributed by atoms with E-state index in [2.05, 4.69) is 15.4 Å². The monoisotopic (exact) mass is 261 g/mol. The standard InChI is InChI=1S/C13H19N5O/c1-8(2)18-11-9(6-16-18)5-10(7-15-11)17-12(19)13(3,4)14/h5-8H,14H2,1-4H3,(H,17,19). The predicted octanol–water partition coefficient (Wildman–Crippen LogP) is 1.69. The van der Waals surface area contributed by atoms with Crippen molar-refractivity contribution in [1.29, 1.82) is 0 Å². The lowest BCUT2D eigenvalue weighted by atomic mass is 10.1. The van der Waals surface area contributed by atoms with Crippen LogP contribution < -0.4 is 11.1 Å². The maximum absolute atomic E-state index is 11.8. The molecule has 2 rings (SSSR count). The van der Waals surface area contributed by atoms with Crippen LogP contribution in [0.5, 0.6) is 0 Å². The minimum Gasteiger partial charge on any atom is -0.323 e. The molecule has 2 aromatic rings. The molecule has 2 heterocycles. The fourth-order valence-electron chi connectivity index (χ4n) is 1.68. The summed E-state index contributed by atoms with van der Waals surface area (Å²) < 4.78 is 1.84. The fraction of sp³-hybridized carbons (Fsp3) is 0.462. The van der Waals surface area contributed by atoms with Gasteiger partial charge >= 0.3 is 0 Å². The summed E-state index contributed by atoms with van der Waals surface area (Å²) >= 11 is 0. The number of carbonyl (C=O) groups is 1. The second-order valence-corrected chi connectivity index (χ2v) is 5.50. The van der Waals surface area contributed by atoms with Crippen molar-refractivity contribution in [3.8, 4) is 0 Å². The highest BCUT2D eigenvalue weighted by Gasteiger charge is 2.22. The molecule has 0 atom stereocenters. The summed E-state index contributed by atoms with van der Waals surface area (Å²) in [4.78, 5) is 16.1. The number of nitrogens with zero attached hydrogens (tertiary/aromatic N) is 3. The second kappa shape index (κ2) is 4.62. The lowest BCUT2D eigenvalue weighted by molar-refractivity contribution is -0.120. The van der Waals surface area contributed by atoms with Crippen LogP contribution in [-0.2, 0) is 4.79 Å². The van der Waals surface area contributed by atoms with Crippen LogP contribution in [0.25, 0.3) is 11.0 Å². The average Bonchev–Trinajstić information content (AvgIpc) is 2.70. The van der Waals surface area contributed by atoms with Gasteiger partial charge in [0.2, 0.25) is 5.91 Å². The number of nitrogens with two attached hydrogens (primary N) is 1. The normalized spacial score (nSPS) is 12.1. The lowest BCUT2D eigenvalue weighted by Gasteiger charge is -2.17. The van der Waals surface area contributed by atoms with Gasteiger partial charge in [-0.05, 0) is 33.8 Å². The SMILES string of the molecule is CC(C)n1ncc2cc(NC(=O)C(C)(C)N)cnc21. The zero-order chi connectivity index (χ0) is 14.2. The molecule has 6 heteroatoms. The minimum absolute atomic E-state index is 0.244. The Hall–Kier alpha value is -1.95. The molecule has 0 aliphatic heterocycles. The van der Waals surface area contributed by atoms with Crippen LogP contribution in [0.1, 0.15) is 33.7 Å². The fourth-order valence-corrected chi connectivity index (χ4v) is 1.68. The highest BCUT2D eigenvalue weighted by molar-refractivity contribution is 5.98. The van der Waals surface area contributed by atoms with Crippen LogP contribution in [0.2, 0.25) is 0 Å². The second-order valence-electron chi connectivity index (χ2n) is 5.50. The first-order chi connectivity index (χ1) is 8.79. The van der Waals surface area contributed by atoms with Gasteiger partial charge < -0.3 is 11.1 Å². The summed E-state index contributed by atoms with van der Waals surface area (Å²) in [7, 11) is 0. The van der Waals surface area contributed by atoms with Crippen molar-refractivity contribution in [3.05, 3.63) is 18.5 Å². The molecular weight excluding hydrogens is 242 g/mol. The smallest absolute Gasteiger partial charge is 0.243 e. The van der Waals surface area contributed by atoms with Gasteiger partial charge in [-0.25, -0.2) is 9.67 Å². The topological polar surface area (TPSA) is 85.8 Å². The number of hydrogen-bond acceptors (Lipinski definition) is 4. The predicted molar refractivity (Wildman–Crippen MR) is 74.8 cm³/mol. The molecule has 3 N–H and O–H groups in total. The van der Waals surface area contributed by atoms with Gasteiger partial charge in [0.05, 0.1) is 23.6 Å². The van der Waals surface area contributed by atoms with Crippen LogP contribution >= 0.6 is 0 Å². The lowest BCUT2D eigenvalue weighted by Crippen LogP contribution is -2.45. The Bertz CT molecular complexity index is 609. The Morgan fingerprint density at radius 3 is 2.68 bits per heavy atom. The molecule has 0 spiro atoms. The van der Waals surface area contributed by atoms with Gasteiger partial charge in [-0.15, -0.1) is 0 Å². The van der Waals surface area contributed by atoms with Crippen LogP contribution in [0.15, 0.2) is 18.5 Å². The number of amides is 1. The van der Waals surface area contributed by atoms with Crippen molar-refractivity contribution in [2.45, 2.75) is 39.3 Å². The van der Waals surface area contributed by atoms with Gasteiger partial charge in [-0.2, -0.15) is 5.10 Å². The van der Waals surface area contributed by atoms with Crippen molar-refractivity contribution in [2.75, 3.05) is 5.32 Å². The molecule has 102 valence electrons. The number of rotatable bonds is 3. The van der Waals surface area contributed by atoms with Gasteiger partial charge in [-0.1, -0.05) is 0 Å². The third-order valence-electron chi connectivity index (χ3n) is 2.77. The Balaban J connectivity index is 2.31. The van der Waals surface area contributed by atoms with Crippen molar-refractivity contribution >= 4 is 22.6 Å². The summed E-state index contributed by atoms with van der Waals surface area (Å²) in [6, 6.07) is 2.09. The zero-order valence-electron chi connectivity index (χ0n) is 11.6. The van der Waals surface area contributed by atoms with E-state index in [1.54, 1.807) is 26.2 Å². The van der Waals surface area contributed by atoms with Crippen LogP contribution in [0, 0.1) is 0 Å². The Labute approximate surface area is 112 Å². The largest absolute Gasteiger partial charge is 0.323 e. The third-order valence-corrected chi connectivity index (χ3v) is 2.77. The first-order valence-corrected chi connectivity index (χ1v) is 6.22. The van der Waals surface area contributed by atoms with E-state index in [0.29, 0.717) is 5.69 Å². The number of fused-ring (bicyclic) bond motifs is 1. The van der Waals surface area contributed by atoms with E-state index in [-0.39, 0.29) is 11.9 Å². The highest BCUT2D eigenvalue weighted by Crippen LogP contribution is 2.19. The number of anilines is 1. The Morgan fingerprint density at radius 2 is 2.11 bits per heavy atom. The summed E-state index contributed by atoms with van der Waals surface area (Å²) in [5.41, 5.74) is 6.24. The van der Waals surface area contributed by atoms with Crippen LogP contribution in [0.4, 0.5) is 5.69 Å². The molecule has 0 bridgehead atoms. The Kier molecular flexibility index (Phi) is 3.28. The molecule has 6 nitrogen and oxygen atoms in total. The zero-order valence-corrected chi connectivity index (χ0v) is 11.6. The third kappa shape index (κ3) is 2.73. The summed E-state index contributed by atoms with van der Waals surface area (Å²) in [5, 5.41) is 7.92. The van der Waals surface area contributed by atoms with E-state index in [1.807, 2.05) is 24.6 Å². The molecule has 0 saturated carbocycles. The van der Waals surface area contributed by atoms with Crippen molar-refractivity contribution in [3.63, 3.8) is 0 Å². The molecule has 0 radical (unpaired) electrons. The van der Waals surface area contributed by atoms with Crippen LogP contribution in [-0.4, -0.2) is 26.2 Å². The molecule has 1 amide bonds. The van der Waals surface area contributed by atoms with Crippen molar-refractivity contribution in [1.82, 2.24) is 14.8 Å². The number of pyridine rings is 1. The van der Waals surface area contributed by atoms with Gasteiger partial charge in [0.25, 0.3) is 0 Å². The summed E-state index contributed by atoms with van der Waals surface area (Å²) in [6.07, 6.45) is 3.36. The number of nitrogens with one attached hydrogen (secondary N) is 1. The van der Waals surface area contributed by atoms with Gasteiger partial charge in [-0.3, -0.25) is 4.79 Å². The summed E-state index contributed by atoms with van der Waals surface area (Å²) in [5.74, 6) is -0.245. The molecule has 0 unspecified atom stereocenters. The van der Waals surface area contributed by atoms with E-state index in [1.165, 1.54) is 0 Å². The van der Waals surface area contributed by atoms with Gasteiger partial charge in [0.15, 0.2) is 5.65 Å². The maximum Gasteiger partial charge on any atom is 0.243 e. The maximum atomic E-state index is 11.8. The molecule has 0 fully saturated rings. The van der Waals surface area contributed by atoms with Crippen molar-refractivity contribution in [2.24, 2.45) is 5.73 Å². The molecule has 2 aromatic heterocycles. The summed E-state index contributed by atoms with van der Waals surface area (Å²) in [6.45, 7) is 7.40. The minimum atomic E-state index is -0.920. The molecular formula is C13H19N5O. The van der Waals surface area contributed by atoms with Crippen LogP contribution in [0.3, 0.4) is 0 Å². The molecule has 0 aliphatic carbocycles. The van der Waals surface area contributed by atoms with Gasteiger partial charge in [0, 0.05) is 11.4 Å². The molecule has 0 aromatic carbocycles. The molecule has 19 heavy (non-hydrogen) atoms. The van der Waals surface area contributed by atoms with E-state index < -0.39 is 5.54 Å². The van der Waals surface area contributed by atoms with E-state index >= 15 is 0 Å². The Morgan fingerprint density at radius 1 is 1.42 bits per heavy atom. The number of hydrogen-bond donors (Lipinski definition) is 2. The average molecular weight is 261 g/mol. The first kappa shape index (κ1) is 13.5. The molecule has 0 aliphatic rings. The number of carbonyl (C=O) groups excluding carboxylic acids is 1. The van der Waals surface area contributed by atoms with Crippen molar-refractivity contribution < 1.29 is 4.79 Å². The first-order valence-electron chi connectivity index (χ1n) is 6.22.